The fourth-order valence-corrected chi connectivity index (χ4v) is 4.06. The van der Waals surface area contributed by atoms with E-state index in [2.05, 4.69) is 9.46 Å². The summed E-state index contributed by atoms with van der Waals surface area (Å²) in [5.41, 5.74) is -0.596. The lowest BCUT2D eigenvalue weighted by atomic mass is 9.92. The topological polar surface area (TPSA) is 118 Å². The molecule has 1 aliphatic rings. The zero-order chi connectivity index (χ0) is 18.1. The number of carbonyl (C=O) groups is 1. The standard InChI is InChI=1S/C14H19N3O6S/c1-14(8-9-5-6-10(21-2)11(7-9)22-3)12(15)17(13(18)23-4)24(19,20)16-14/h5-7,15-16H,8H2,1-4H3. The molecule has 9 nitrogen and oxygen atoms in total. The Morgan fingerprint density at radius 1 is 1.25 bits per heavy atom. The van der Waals surface area contributed by atoms with Gasteiger partial charge in [0.1, 0.15) is 5.84 Å². The van der Waals surface area contributed by atoms with Gasteiger partial charge in [0, 0.05) is 0 Å². The van der Waals surface area contributed by atoms with Crippen LogP contribution in [0.2, 0.25) is 0 Å². The van der Waals surface area contributed by atoms with Gasteiger partial charge in [-0.3, -0.25) is 5.41 Å². The van der Waals surface area contributed by atoms with Gasteiger partial charge in [-0.05, 0) is 31.0 Å². The van der Waals surface area contributed by atoms with Crippen LogP contribution in [0.1, 0.15) is 12.5 Å². The van der Waals surface area contributed by atoms with E-state index in [1.165, 1.54) is 21.1 Å². The number of rotatable bonds is 4. The van der Waals surface area contributed by atoms with E-state index >= 15 is 0 Å². The Bertz CT molecular complexity index is 779. The maximum Gasteiger partial charge on any atom is 0.430 e. The smallest absolute Gasteiger partial charge is 0.430 e. The number of nitrogens with one attached hydrogen (secondary N) is 2. The average Bonchev–Trinajstić information content (AvgIpc) is 2.71. The highest BCUT2D eigenvalue weighted by atomic mass is 32.2. The third-order valence-electron chi connectivity index (χ3n) is 3.67. The molecule has 2 N–H and O–H groups in total. The number of nitrogens with zero attached hydrogens (tertiary/aromatic N) is 1. The number of hydrogen-bond acceptors (Lipinski definition) is 7. The summed E-state index contributed by atoms with van der Waals surface area (Å²) in [5, 5.41) is 8.10. The number of ether oxygens (including phenoxy) is 3. The maximum absolute atomic E-state index is 12.1. The van der Waals surface area contributed by atoms with Crippen LogP contribution in [-0.4, -0.2) is 51.5 Å². The van der Waals surface area contributed by atoms with Gasteiger partial charge in [0.15, 0.2) is 11.5 Å². The van der Waals surface area contributed by atoms with Crippen LogP contribution in [0.5, 0.6) is 11.5 Å². The SMILES string of the molecule is COC(=O)N1C(=N)C(C)(Cc2ccc(OC)c(OC)c2)NS1(=O)=O. The number of methoxy groups -OCH3 is 3. The van der Waals surface area contributed by atoms with Gasteiger partial charge in [-0.2, -0.15) is 13.1 Å². The zero-order valence-corrected chi connectivity index (χ0v) is 14.6. The summed E-state index contributed by atoms with van der Waals surface area (Å²) in [5.74, 6) is 0.601. The van der Waals surface area contributed by atoms with E-state index in [1.807, 2.05) is 0 Å². The Morgan fingerprint density at radius 2 is 1.88 bits per heavy atom. The predicted octanol–water partition coefficient (Wildman–Crippen LogP) is 0.899. The lowest BCUT2D eigenvalue weighted by molar-refractivity contribution is 0.161. The molecular weight excluding hydrogens is 338 g/mol. The molecule has 132 valence electrons. The predicted molar refractivity (Wildman–Crippen MR) is 85.7 cm³/mol. The molecule has 10 heteroatoms. The molecule has 1 aliphatic heterocycles. The second kappa shape index (κ2) is 6.29. The lowest BCUT2D eigenvalue weighted by Gasteiger charge is -2.23. The van der Waals surface area contributed by atoms with E-state index in [9.17, 15) is 13.2 Å². The molecule has 0 radical (unpaired) electrons. The Labute approximate surface area is 140 Å². The van der Waals surface area contributed by atoms with Gasteiger partial charge in [0.2, 0.25) is 0 Å². The molecular formula is C14H19N3O6S. The van der Waals surface area contributed by atoms with Crippen LogP contribution in [0.25, 0.3) is 0 Å². The summed E-state index contributed by atoms with van der Waals surface area (Å²) in [7, 11) is -0.128. The monoisotopic (exact) mass is 357 g/mol. The van der Waals surface area contributed by atoms with Gasteiger partial charge in [0.05, 0.1) is 26.9 Å². The highest BCUT2D eigenvalue weighted by Crippen LogP contribution is 2.31. The van der Waals surface area contributed by atoms with Crippen molar-refractivity contribution >= 4 is 22.1 Å². The van der Waals surface area contributed by atoms with Crippen LogP contribution in [0.4, 0.5) is 4.79 Å². The number of amides is 1. The molecule has 0 aliphatic carbocycles. The first-order chi connectivity index (χ1) is 11.2. The second-order valence-electron chi connectivity index (χ2n) is 5.39. The van der Waals surface area contributed by atoms with Crippen molar-refractivity contribution in [3.63, 3.8) is 0 Å². The molecule has 1 unspecified atom stereocenters. The van der Waals surface area contributed by atoms with Crippen LogP contribution in [-0.2, 0) is 21.4 Å². The fraction of sp³-hybridized carbons (Fsp3) is 0.429. The van der Waals surface area contributed by atoms with Crippen LogP contribution < -0.4 is 14.2 Å². The summed E-state index contributed by atoms with van der Waals surface area (Å²) in [6, 6.07) is 5.10. The molecule has 1 fully saturated rings. The molecule has 0 saturated carbocycles. The van der Waals surface area contributed by atoms with Crippen LogP contribution >= 0.6 is 0 Å². The number of amidine groups is 1. The van der Waals surface area contributed by atoms with Crippen molar-refractivity contribution < 1.29 is 27.4 Å². The minimum atomic E-state index is -4.18. The van der Waals surface area contributed by atoms with Crippen molar-refractivity contribution in [3.05, 3.63) is 23.8 Å². The van der Waals surface area contributed by atoms with E-state index < -0.39 is 27.7 Å². The minimum absolute atomic E-state index is 0.138. The Balaban J connectivity index is 2.36. The molecule has 1 aromatic rings. The van der Waals surface area contributed by atoms with Crippen molar-refractivity contribution in [1.82, 2.24) is 9.03 Å². The number of carbonyl (C=O) groups excluding carboxylic acids is 1. The third-order valence-corrected chi connectivity index (χ3v) is 5.19. The van der Waals surface area contributed by atoms with Crippen molar-refractivity contribution in [2.75, 3.05) is 21.3 Å². The molecule has 1 aromatic carbocycles. The van der Waals surface area contributed by atoms with Crippen molar-refractivity contribution in [3.8, 4) is 11.5 Å². The quantitative estimate of drug-likeness (QED) is 0.826. The van der Waals surface area contributed by atoms with Gasteiger partial charge in [0.25, 0.3) is 0 Å². The first-order valence-corrected chi connectivity index (χ1v) is 8.34. The van der Waals surface area contributed by atoms with Crippen molar-refractivity contribution in [2.45, 2.75) is 18.9 Å². The number of hydrogen-bond donors (Lipinski definition) is 2. The summed E-state index contributed by atoms with van der Waals surface area (Å²) < 4.78 is 41.7. The Morgan fingerprint density at radius 3 is 2.42 bits per heavy atom. The average molecular weight is 357 g/mol. The summed E-state index contributed by atoms with van der Waals surface area (Å²) in [6.07, 6.45) is -0.998. The van der Waals surface area contributed by atoms with E-state index in [0.717, 1.165) is 7.11 Å². The van der Waals surface area contributed by atoms with Gasteiger partial charge in [-0.25, -0.2) is 4.79 Å². The molecule has 1 heterocycles. The zero-order valence-electron chi connectivity index (χ0n) is 13.7. The number of benzene rings is 1. The maximum atomic E-state index is 12.1. The van der Waals surface area contributed by atoms with Gasteiger partial charge in [-0.15, -0.1) is 4.31 Å². The highest BCUT2D eigenvalue weighted by molar-refractivity contribution is 7.88. The normalized spacial score (nSPS) is 22.3. The van der Waals surface area contributed by atoms with E-state index in [4.69, 9.17) is 14.9 Å². The minimum Gasteiger partial charge on any atom is -0.493 e. The third kappa shape index (κ3) is 3.02. The molecule has 0 bridgehead atoms. The Hall–Kier alpha value is -2.33. The molecule has 2 rings (SSSR count). The van der Waals surface area contributed by atoms with Gasteiger partial charge < -0.3 is 14.2 Å². The van der Waals surface area contributed by atoms with Gasteiger partial charge >= 0.3 is 16.3 Å². The van der Waals surface area contributed by atoms with E-state index in [1.54, 1.807) is 18.2 Å². The molecule has 0 spiro atoms. The molecule has 0 aromatic heterocycles. The lowest BCUT2D eigenvalue weighted by Crippen LogP contribution is -2.46. The summed E-state index contributed by atoms with van der Waals surface area (Å²) in [6.45, 7) is 1.52. The van der Waals surface area contributed by atoms with Crippen molar-refractivity contribution in [2.24, 2.45) is 0 Å². The highest BCUT2D eigenvalue weighted by Gasteiger charge is 2.52. The van der Waals surface area contributed by atoms with E-state index in [-0.39, 0.29) is 6.42 Å². The molecule has 1 atom stereocenters. The molecule has 1 amide bonds. The van der Waals surface area contributed by atoms with Crippen LogP contribution in [0, 0.1) is 5.41 Å². The Kier molecular flexibility index (Phi) is 4.72. The molecule has 24 heavy (non-hydrogen) atoms. The first kappa shape index (κ1) is 18.0. The van der Waals surface area contributed by atoms with Crippen molar-refractivity contribution in [1.29, 1.82) is 5.41 Å². The van der Waals surface area contributed by atoms with Crippen LogP contribution in [0.3, 0.4) is 0 Å². The van der Waals surface area contributed by atoms with Crippen LogP contribution in [0.15, 0.2) is 18.2 Å². The summed E-state index contributed by atoms with van der Waals surface area (Å²) >= 11 is 0. The fourth-order valence-electron chi connectivity index (χ4n) is 2.51. The second-order valence-corrected chi connectivity index (χ2v) is 6.91. The van der Waals surface area contributed by atoms with E-state index in [0.29, 0.717) is 21.4 Å². The summed E-state index contributed by atoms with van der Waals surface area (Å²) in [4.78, 5) is 11.7. The first-order valence-electron chi connectivity index (χ1n) is 6.90. The largest absolute Gasteiger partial charge is 0.493 e. The molecule has 1 saturated heterocycles. The van der Waals surface area contributed by atoms with Gasteiger partial charge in [-0.1, -0.05) is 6.07 Å².